The third kappa shape index (κ3) is 3.13. The van der Waals surface area contributed by atoms with Crippen molar-refractivity contribution in [1.82, 2.24) is 10.3 Å². The fraction of sp³-hybridized carbons (Fsp3) is 0.619. The number of hydrogen-bond acceptors (Lipinski definition) is 2. The van der Waals surface area contributed by atoms with Crippen molar-refractivity contribution >= 4 is 5.91 Å². The molecule has 1 heterocycles. The normalized spacial score (nSPS) is 34.4. The van der Waals surface area contributed by atoms with E-state index in [1.54, 1.807) is 6.20 Å². The fourth-order valence-electron chi connectivity index (χ4n) is 5.85. The highest BCUT2D eigenvalue weighted by Gasteiger charge is 2.51. The molecular weight excluding hydrogens is 296 g/mol. The van der Waals surface area contributed by atoms with Gasteiger partial charge in [-0.2, -0.15) is 0 Å². The Morgan fingerprint density at radius 3 is 2.46 bits per heavy atom. The quantitative estimate of drug-likeness (QED) is 0.835. The second-order valence-electron chi connectivity index (χ2n) is 8.39. The van der Waals surface area contributed by atoms with Crippen LogP contribution in [0.25, 0.3) is 0 Å². The van der Waals surface area contributed by atoms with Crippen LogP contribution in [-0.4, -0.2) is 17.4 Å². The molecule has 0 radical (unpaired) electrons. The van der Waals surface area contributed by atoms with Gasteiger partial charge in [-0.05, 0) is 80.8 Å². The summed E-state index contributed by atoms with van der Waals surface area (Å²) in [6.45, 7) is 2.85. The maximum Gasteiger partial charge on any atom is 0.243 e. The highest BCUT2D eigenvalue weighted by Crippen LogP contribution is 2.62. The van der Waals surface area contributed by atoms with Crippen molar-refractivity contribution in [3.63, 3.8) is 0 Å². The van der Waals surface area contributed by atoms with E-state index in [1.165, 1.54) is 44.1 Å². The molecule has 3 heteroatoms. The summed E-state index contributed by atoms with van der Waals surface area (Å²) in [7, 11) is 0. The average molecular weight is 324 g/mol. The van der Waals surface area contributed by atoms with E-state index in [-0.39, 0.29) is 5.91 Å². The summed E-state index contributed by atoms with van der Waals surface area (Å²) in [5, 5.41) is 3.04. The number of hydrogen-bond donors (Lipinski definition) is 1. The van der Waals surface area contributed by atoms with Gasteiger partial charge in [0.05, 0.1) is 0 Å². The Kier molecular flexibility index (Phi) is 4.19. The van der Waals surface area contributed by atoms with E-state index >= 15 is 0 Å². The monoisotopic (exact) mass is 324 g/mol. The van der Waals surface area contributed by atoms with Crippen molar-refractivity contribution in [3.8, 4) is 0 Å². The SMILES string of the molecule is C/C(=C/C(=O)NCCc1ccccn1)C12CC3CC(CC(C3)C1)C2. The lowest BCUT2D eigenvalue weighted by Crippen LogP contribution is -2.46. The average Bonchev–Trinajstić information content (AvgIpc) is 2.54. The van der Waals surface area contributed by atoms with Gasteiger partial charge in [-0.25, -0.2) is 0 Å². The molecule has 4 saturated carbocycles. The molecule has 1 aromatic rings. The first-order valence-electron chi connectivity index (χ1n) is 9.49. The predicted molar refractivity (Wildman–Crippen MR) is 95.3 cm³/mol. The second-order valence-corrected chi connectivity index (χ2v) is 8.39. The topological polar surface area (TPSA) is 42.0 Å². The van der Waals surface area contributed by atoms with Crippen LogP contribution in [0.2, 0.25) is 0 Å². The van der Waals surface area contributed by atoms with E-state index in [0.717, 1.165) is 29.9 Å². The highest BCUT2D eigenvalue weighted by molar-refractivity contribution is 5.88. The van der Waals surface area contributed by atoms with Gasteiger partial charge in [0.2, 0.25) is 5.91 Å². The van der Waals surface area contributed by atoms with Crippen LogP contribution in [0.15, 0.2) is 36.0 Å². The number of nitrogens with zero attached hydrogens (tertiary/aromatic N) is 1. The lowest BCUT2D eigenvalue weighted by atomic mass is 9.48. The van der Waals surface area contributed by atoms with Crippen LogP contribution in [0.5, 0.6) is 0 Å². The lowest BCUT2D eigenvalue weighted by Gasteiger charge is -2.57. The van der Waals surface area contributed by atoms with Crippen LogP contribution in [0.4, 0.5) is 0 Å². The number of allylic oxidation sites excluding steroid dienone is 1. The van der Waals surface area contributed by atoms with E-state index < -0.39 is 0 Å². The largest absolute Gasteiger partial charge is 0.352 e. The van der Waals surface area contributed by atoms with E-state index in [9.17, 15) is 4.79 Å². The first-order valence-corrected chi connectivity index (χ1v) is 9.49. The first kappa shape index (κ1) is 15.9. The summed E-state index contributed by atoms with van der Waals surface area (Å²) in [6, 6.07) is 5.91. The maximum atomic E-state index is 12.3. The van der Waals surface area contributed by atoms with Crippen molar-refractivity contribution in [2.45, 2.75) is 51.9 Å². The summed E-state index contributed by atoms with van der Waals surface area (Å²) < 4.78 is 0. The van der Waals surface area contributed by atoms with Gasteiger partial charge in [-0.15, -0.1) is 0 Å². The summed E-state index contributed by atoms with van der Waals surface area (Å²) >= 11 is 0. The predicted octanol–water partition coefficient (Wildman–Crippen LogP) is 3.90. The molecule has 0 unspecified atom stereocenters. The van der Waals surface area contributed by atoms with Crippen molar-refractivity contribution in [2.24, 2.45) is 23.2 Å². The van der Waals surface area contributed by atoms with Crippen molar-refractivity contribution < 1.29 is 4.79 Å². The van der Waals surface area contributed by atoms with Crippen LogP contribution >= 0.6 is 0 Å². The molecule has 1 amide bonds. The fourth-order valence-corrected chi connectivity index (χ4v) is 5.85. The molecule has 4 aliphatic rings. The van der Waals surface area contributed by atoms with Crippen molar-refractivity contribution in [3.05, 3.63) is 41.7 Å². The molecule has 1 N–H and O–H groups in total. The van der Waals surface area contributed by atoms with Crippen LogP contribution in [0.3, 0.4) is 0 Å². The van der Waals surface area contributed by atoms with Crippen LogP contribution in [0, 0.1) is 23.2 Å². The molecule has 4 aliphatic carbocycles. The molecule has 4 bridgehead atoms. The Labute approximate surface area is 144 Å². The molecular formula is C21H28N2O. The van der Waals surface area contributed by atoms with Crippen LogP contribution in [0.1, 0.15) is 51.1 Å². The minimum absolute atomic E-state index is 0.0687. The number of carbonyl (C=O) groups is 1. The van der Waals surface area contributed by atoms with Gasteiger partial charge in [0.25, 0.3) is 0 Å². The van der Waals surface area contributed by atoms with E-state index in [2.05, 4.69) is 17.2 Å². The lowest BCUT2D eigenvalue weighted by molar-refractivity contribution is -0.116. The number of amides is 1. The minimum atomic E-state index is 0.0687. The Bertz CT molecular complexity index is 599. The summed E-state index contributed by atoms with van der Waals surface area (Å²) in [4.78, 5) is 16.6. The zero-order valence-electron chi connectivity index (χ0n) is 14.6. The molecule has 0 atom stereocenters. The molecule has 128 valence electrons. The van der Waals surface area contributed by atoms with Gasteiger partial charge in [0.1, 0.15) is 0 Å². The van der Waals surface area contributed by atoms with Crippen molar-refractivity contribution in [1.29, 1.82) is 0 Å². The molecule has 0 spiro atoms. The number of nitrogens with one attached hydrogen (secondary N) is 1. The molecule has 4 fully saturated rings. The zero-order valence-corrected chi connectivity index (χ0v) is 14.6. The Balaban J connectivity index is 1.35. The van der Waals surface area contributed by atoms with Gasteiger partial charge in [-0.1, -0.05) is 11.6 Å². The van der Waals surface area contributed by atoms with E-state index in [1.807, 2.05) is 24.3 Å². The second kappa shape index (κ2) is 6.34. The molecule has 0 saturated heterocycles. The van der Waals surface area contributed by atoms with Gasteiger partial charge in [-0.3, -0.25) is 9.78 Å². The third-order valence-corrected chi connectivity index (χ3v) is 6.63. The summed E-state index contributed by atoms with van der Waals surface area (Å²) in [6.07, 6.45) is 12.8. The molecule has 1 aromatic heterocycles. The molecule has 5 rings (SSSR count). The maximum absolute atomic E-state index is 12.3. The Hall–Kier alpha value is -1.64. The minimum Gasteiger partial charge on any atom is -0.352 e. The summed E-state index contributed by atoms with van der Waals surface area (Å²) in [5.41, 5.74) is 2.70. The van der Waals surface area contributed by atoms with Gasteiger partial charge >= 0.3 is 0 Å². The Morgan fingerprint density at radius 2 is 1.88 bits per heavy atom. The smallest absolute Gasteiger partial charge is 0.243 e. The molecule has 24 heavy (non-hydrogen) atoms. The number of aromatic nitrogens is 1. The number of pyridine rings is 1. The van der Waals surface area contributed by atoms with Gasteiger partial charge in [0, 0.05) is 30.9 Å². The van der Waals surface area contributed by atoms with Gasteiger partial charge in [0.15, 0.2) is 0 Å². The Morgan fingerprint density at radius 1 is 1.21 bits per heavy atom. The van der Waals surface area contributed by atoms with Gasteiger partial charge < -0.3 is 5.32 Å². The number of carbonyl (C=O) groups excluding carboxylic acids is 1. The standard InChI is InChI=1S/C21H28N2O/c1-15(8-20(24)23-7-5-19-4-2-3-6-22-19)21-12-16-9-17(13-21)11-18(10-16)14-21/h2-4,6,8,16-18H,5,7,9-14H2,1H3,(H,23,24)/b15-8-. The summed E-state index contributed by atoms with van der Waals surface area (Å²) in [5.74, 6) is 2.84. The third-order valence-electron chi connectivity index (χ3n) is 6.63. The molecule has 0 aromatic carbocycles. The van der Waals surface area contributed by atoms with Crippen LogP contribution in [-0.2, 0) is 11.2 Å². The van der Waals surface area contributed by atoms with Crippen molar-refractivity contribution in [2.75, 3.05) is 6.54 Å². The number of rotatable bonds is 5. The first-order chi connectivity index (χ1) is 11.6. The molecule has 0 aliphatic heterocycles. The van der Waals surface area contributed by atoms with Crippen LogP contribution < -0.4 is 5.32 Å². The zero-order chi connectivity index (χ0) is 16.6. The molecule has 3 nitrogen and oxygen atoms in total. The van der Waals surface area contributed by atoms with E-state index in [0.29, 0.717) is 12.0 Å². The van der Waals surface area contributed by atoms with E-state index in [4.69, 9.17) is 0 Å². The highest BCUT2D eigenvalue weighted by atomic mass is 16.1.